The first-order valence-electron chi connectivity index (χ1n) is 9.48. The summed E-state index contributed by atoms with van der Waals surface area (Å²) < 4.78 is 6.12. The molecule has 1 aliphatic heterocycles. The summed E-state index contributed by atoms with van der Waals surface area (Å²) in [6.07, 6.45) is 6.42. The fourth-order valence-corrected chi connectivity index (χ4v) is 4.54. The van der Waals surface area contributed by atoms with Crippen molar-refractivity contribution in [3.05, 3.63) is 70.4 Å². The van der Waals surface area contributed by atoms with Crippen molar-refractivity contribution >= 4 is 28.2 Å². The van der Waals surface area contributed by atoms with Gasteiger partial charge in [0.1, 0.15) is 17.4 Å². The van der Waals surface area contributed by atoms with Gasteiger partial charge in [-0.25, -0.2) is 9.97 Å². The summed E-state index contributed by atoms with van der Waals surface area (Å²) in [5.41, 5.74) is 2.80. The molecule has 0 saturated heterocycles. The molecule has 7 heteroatoms. The van der Waals surface area contributed by atoms with Crippen LogP contribution < -0.4 is 0 Å². The second-order valence-corrected chi connectivity index (χ2v) is 7.95. The number of rotatable bonds is 5. The Hall–Kier alpha value is -2.93. The van der Waals surface area contributed by atoms with Gasteiger partial charge in [-0.3, -0.25) is 4.79 Å². The molecule has 0 spiro atoms. The summed E-state index contributed by atoms with van der Waals surface area (Å²) in [7, 11) is 0. The number of nitrogens with one attached hydrogen (secondary N) is 1. The van der Waals surface area contributed by atoms with Gasteiger partial charge in [0.25, 0.3) is 0 Å². The van der Waals surface area contributed by atoms with Crippen molar-refractivity contribution in [1.29, 1.82) is 0 Å². The number of nitrogens with zero attached hydrogens (tertiary/aromatic N) is 3. The Kier molecular flexibility index (Phi) is 4.44. The SMILES string of the molecule is O=C(CCCc1nccs1)N1CCc2[nH]cnc2[C@H]1c1cc2ccccc2o1. The van der Waals surface area contributed by atoms with E-state index in [0.717, 1.165) is 52.4 Å². The van der Waals surface area contributed by atoms with Crippen LogP contribution in [0, 0.1) is 0 Å². The third kappa shape index (κ3) is 3.11. The number of aromatic nitrogens is 3. The quantitative estimate of drug-likeness (QED) is 0.555. The summed E-state index contributed by atoms with van der Waals surface area (Å²) >= 11 is 1.64. The van der Waals surface area contributed by atoms with Crippen LogP contribution in [-0.2, 0) is 17.6 Å². The molecule has 0 bridgehead atoms. The average molecular weight is 392 g/mol. The number of thiazole rings is 1. The number of fused-ring (bicyclic) bond motifs is 2. The number of aryl methyl sites for hydroxylation is 1. The second kappa shape index (κ2) is 7.24. The standard InChI is InChI=1S/C21H20N4O2S/c26-19(7-3-6-18-22-9-11-28-18)25-10-8-15-20(24-13-23-15)21(25)17-12-14-4-1-2-5-16(14)27-17/h1-2,4-5,9,11-13,21H,3,6-8,10H2,(H,23,24)/t21-/m1/s1. The van der Waals surface area contributed by atoms with Crippen LogP contribution >= 0.6 is 11.3 Å². The number of amides is 1. The Labute approximate surface area is 166 Å². The molecule has 28 heavy (non-hydrogen) atoms. The normalized spacial score (nSPS) is 16.4. The van der Waals surface area contributed by atoms with Crippen LogP contribution in [-0.4, -0.2) is 32.3 Å². The molecule has 4 aromatic rings. The minimum Gasteiger partial charge on any atom is -0.458 e. The molecule has 0 aliphatic carbocycles. The molecule has 0 fully saturated rings. The number of imidazole rings is 1. The average Bonchev–Trinajstić information content (AvgIpc) is 3.46. The largest absolute Gasteiger partial charge is 0.458 e. The van der Waals surface area contributed by atoms with E-state index in [1.54, 1.807) is 17.7 Å². The van der Waals surface area contributed by atoms with Crippen LogP contribution in [0.1, 0.15) is 41.0 Å². The Bertz CT molecular complexity index is 1070. The highest BCUT2D eigenvalue weighted by Crippen LogP contribution is 2.36. The van der Waals surface area contributed by atoms with E-state index in [2.05, 4.69) is 15.0 Å². The van der Waals surface area contributed by atoms with Gasteiger partial charge >= 0.3 is 0 Å². The van der Waals surface area contributed by atoms with Gasteiger partial charge in [-0.15, -0.1) is 11.3 Å². The van der Waals surface area contributed by atoms with Gasteiger partial charge in [0.05, 0.1) is 17.0 Å². The van der Waals surface area contributed by atoms with Gasteiger partial charge in [-0.2, -0.15) is 0 Å². The molecule has 1 amide bonds. The topological polar surface area (TPSA) is 75.0 Å². The van der Waals surface area contributed by atoms with E-state index in [9.17, 15) is 4.79 Å². The lowest BCUT2D eigenvalue weighted by molar-refractivity contribution is -0.133. The highest BCUT2D eigenvalue weighted by molar-refractivity contribution is 7.09. The van der Waals surface area contributed by atoms with Gasteiger partial charge in [0, 0.05) is 42.0 Å². The molecule has 0 radical (unpaired) electrons. The third-order valence-corrected chi connectivity index (χ3v) is 6.06. The number of aromatic amines is 1. The predicted octanol–water partition coefficient (Wildman–Crippen LogP) is 4.11. The van der Waals surface area contributed by atoms with Crippen LogP contribution in [0.15, 0.2) is 52.7 Å². The molecule has 5 rings (SSSR count). The Morgan fingerprint density at radius 2 is 2.25 bits per heavy atom. The monoisotopic (exact) mass is 392 g/mol. The Balaban J connectivity index is 1.41. The van der Waals surface area contributed by atoms with Crippen LogP contribution in [0.2, 0.25) is 0 Å². The van der Waals surface area contributed by atoms with Crippen molar-refractivity contribution < 1.29 is 9.21 Å². The highest BCUT2D eigenvalue weighted by Gasteiger charge is 2.35. The van der Waals surface area contributed by atoms with E-state index >= 15 is 0 Å². The van der Waals surface area contributed by atoms with E-state index in [1.807, 2.05) is 46.8 Å². The molecule has 3 aromatic heterocycles. The molecule has 4 heterocycles. The first-order chi connectivity index (χ1) is 13.8. The number of hydrogen-bond donors (Lipinski definition) is 1. The lowest BCUT2D eigenvalue weighted by Crippen LogP contribution is -2.40. The number of furan rings is 1. The molecule has 0 unspecified atom stereocenters. The van der Waals surface area contributed by atoms with Gasteiger partial charge in [-0.05, 0) is 25.0 Å². The number of para-hydroxylation sites is 1. The zero-order chi connectivity index (χ0) is 18.9. The van der Waals surface area contributed by atoms with Crippen LogP contribution in [0.5, 0.6) is 0 Å². The van der Waals surface area contributed by atoms with Crippen molar-refractivity contribution in [1.82, 2.24) is 19.9 Å². The third-order valence-electron chi connectivity index (χ3n) is 5.22. The highest BCUT2D eigenvalue weighted by atomic mass is 32.1. The van der Waals surface area contributed by atoms with Crippen LogP contribution in [0.4, 0.5) is 0 Å². The molecular weight excluding hydrogens is 372 g/mol. The Morgan fingerprint density at radius 3 is 3.11 bits per heavy atom. The molecule has 1 atom stereocenters. The number of carbonyl (C=O) groups is 1. The van der Waals surface area contributed by atoms with Crippen molar-refractivity contribution in [3.63, 3.8) is 0 Å². The van der Waals surface area contributed by atoms with E-state index in [-0.39, 0.29) is 11.9 Å². The minimum absolute atomic E-state index is 0.135. The van der Waals surface area contributed by atoms with Gasteiger partial charge in [-0.1, -0.05) is 18.2 Å². The van der Waals surface area contributed by atoms with Crippen molar-refractivity contribution in [2.75, 3.05) is 6.54 Å². The summed E-state index contributed by atoms with van der Waals surface area (Å²) in [5, 5.41) is 4.09. The minimum atomic E-state index is -0.283. The molecule has 0 saturated carbocycles. The van der Waals surface area contributed by atoms with Gasteiger partial charge < -0.3 is 14.3 Å². The fourth-order valence-electron chi connectivity index (χ4n) is 3.88. The predicted molar refractivity (Wildman–Crippen MR) is 107 cm³/mol. The zero-order valence-electron chi connectivity index (χ0n) is 15.3. The van der Waals surface area contributed by atoms with E-state index in [1.165, 1.54) is 0 Å². The van der Waals surface area contributed by atoms with Gasteiger partial charge in [0.2, 0.25) is 5.91 Å². The summed E-state index contributed by atoms with van der Waals surface area (Å²) in [5.74, 6) is 0.901. The molecule has 142 valence electrons. The van der Waals surface area contributed by atoms with Gasteiger partial charge in [0.15, 0.2) is 0 Å². The molecule has 1 aliphatic rings. The summed E-state index contributed by atoms with van der Waals surface area (Å²) in [4.78, 5) is 27.0. The number of hydrogen-bond acceptors (Lipinski definition) is 5. The zero-order valence-corrected chi connectivity index (χ0v) is 16.1. The lowest BCUT2D eigenvalue weighted by atomic mass is 9.99. The van der Waals surface area contributed by atoms with Crippen LogP contribution in [0.25, 0.3) is 11.0 Å². The number of carbonyl (C=O) groups excluding carboxylic acids is 1. The molecular formula is C21H20N4O2S. The second-order valence-electron chi connectivity index (χ2n) is 6.97. The van der Waals surface area contributed by atoms with E-state index in [0.29, 0.717) is 13.0 Å². The maximum atomic E-state index is 13.1. The smallest absolute Gasteiger partial charge is 0.223 e. The molecule has 6 nitrogen and oxygen atoms in total. The molecule has 1 N–H and O–H groups in total. The fraction of sp³-hybridized carbons (Fsp3) is 0.286. The molecule has 1 aromatic carbocycles. The van der Waals surface area contributed by atoms with Crippen molar-refractivity contribution in [2.45, 2.75) is 31.7 Å². The maximum absolute atomic E-state index is 13.1. The first-order valence-corrected chi connectivity index (χ1v) is 10.4. The van der Waals surface area contributed by atoms with E-state index < -0.39 is 0 Å². The van der Waals surface area contributed by atoms with Crippen molar-refractivity contribution in [3.8, 4) is 0 Å². The summed E-state index contributed by atoms with van der Waals surface area (Å²) in [6.45, 7) is 0.660. The number of benzene rings is 1. The maximum Gasteiger partial charge on any atom is 0.223 e. The first kappa shape index (κ1) is 17.2. The van der Waals surface area contributed by atoms with Crippen LogP contribution in [0.3, 0.4) is 0 Å². The van der Waals surface area contributed by atoms with E-state index in [4.69, 9.17) is 4.42 Å². The van der Waals surface area contributed by atoms with Crippen molar-refractivity contribution in [2.24, 2.45) is 0 Å². The number of H-pyrrole nitrogens is 1. The Morgan fingerprint density at radius 1 is 1.32 bits per heavy atom. The summed E-state index contributed by atoms with van der Waals surface area (Å²) in [6, 6.07) is 9.67. The lowest BCUT2D eigenvalue weighted by Gasteiger charge is -2.33.